The predicted octanol–water partition coefficient (Wildman–Crippen LogP) is 3.55. The van der Waals surface area contributed by atoms with Crippen LogP contribution in [0.3, 0.4) is 0 Å². The van der Waals surface area contributed by atoms with Crippen LogP contribution >= 0.6 is 0 Å². The van der Waals surface area contributed by atoms with Crippen molar-refractivity contribution in [3.8, 4) is 0 Å². The quantitative estimate of drug-likeness (QED) is 0.705. The zero-order chi connectivity index (χ0) is 15.4. The molecular weight excluding hydrogens is 256 g/mol. The van der Waals surface area contributed by atoms with Crippen molar-refractivity contribution >= 4 is 8.32 Å². The van der Waals surface area contributed by atoms with Crippen LogP contribution in [0, 0.1) is 5.92 Å². The van der Waals surface area contributed by atoms with Gasteiger partial charge in [0.15, 0.2) is 8.32 Å². The molecule has 0 aliphatic carbocycles. The first-order valence-corrected chi connectivity index (χ1v) is 10.4. The van der Waals surface area contributed by atoms with Crippen molar-refractivity contribution in [3.63, 3.8) is 0 Å². The SMILES string of the molecule is CCC[C@H](O)[C@@H](C)[C@H](O)[C@H](C)O[Si](C)(C)C(C)(C)C. The second kappa shape index (κ2) is 7.20. The first kappa shape index (κ1) is 19.1. The summed E-state index contributed by atoms with van der Waals surface area (Å²) < 4.78 is 6.19. The number of rotatable bonds is 7. The molecule has 0 aromatic rings. The van der Waals surface area contributed by atoms with E-state index < -0.39 is 20.5 Å². The molecule has 0 aromatic carbocycles. The summed E-state index contributed by atoms with van der Waals surface area (Å²) in [4.78, 5) is 0. The summed E-state index contributed by atoms with van der Waals surface area (Å²) in [6.45, 7) is 16.8. The number of hydrogen-bond acceptors (Lipinski definition) is 3. The van der Waals surface area contributed by atoms with E-state index >= 15 is 0 Å². The fraction of sp³-hybridized carbons (Fsp3) is 1.00. The van der Waals surface area contributed by atoms with Gasteiger partial charge in [0.05, 0.1) is 18.3 Å². The maximum absolute atomic E-state index is 10.3. The molecule has 0 fully saturated rings. The Morgan fingerprint density at radius 3 is 1.95 bits per heavy atom. The average Bonchev–Trinajstić information content (AvgIpc) is 2.25. The minimum absolute atomic E-state index is 0.131. The summed E-state index contributed by atoms with van der Waals surface area (Å²) in [5.74, 6) is -0.153. The fourth-order valence-electron chi connectivity index (χ4n) is 1.92. The third-order valence-electron chi connectivity index (χ3n) is 4.50. The lowest BCUT2D eigenvalue weighted by Gasteiger charge is -2.40. The van der Waals surface area contributed by atoms with Crippen LogP contribution in [-0.4, -0.2) is 36.8 Å². The van der Waals surface area contributed by atoms with Gasteiger partial charge in [-0.1, -0.05) is 41.0 Å². The summed E-state index contributed by atoms with van der Waals surface area (Å²) in [6, 6.07) is 0. The van der Waals surface area contributed by atoms with E-state index in [0.29, 0.717) is 0 Å². The van der Waals surface area contributed by atoms with Crippen molar-refractivity contribution in [2.45, 2.75) is 90.8 Å². The molecule has 0 aliphatic rings. The molecule has 4 atom stereocenters. The first-order chi connectivity index (χ1) is 8.44. The van der Waals surface area contributed by atoms with Crippen LogP contribution in [0.5, 0.6) is 0 Å². The van der Waals surface area contributed by atoms with E-state index in [1.54, 1.807) is 0 Å². The second-order valence-corrected chi connectivity index (χ2v) is 12.0. The first-order valence-electron chi connectivity index (χ1n) is 7.48. The smallest absolute Gasteiger partial charge is 0.192 e. The summed E-state index contributed by atoms with van der Waals surface area (Å²) in [5.41, 5.74) is 0. The number of aliphatic hydroxyl groups excluding tert-OH is 2. The highest BCUT2D eigenvalue weighted by molar-refractivity contribution is 6.74. The van der Waals surface area contributed by atoms with E-state index in [-0.39, 0.29) is 17.1 Å². The van der Waals surface area contributed by atoms with E-state index in [1.165, 1.54) is 0 Å². The van der Waals surface area contributed by atoms with E-state index in [9.17, 15) is 10.2 Å². The van der Waals surface area contributed by atoms with Crippen molar-refractivity contribution < 1.29 is 14.6 Å². The number of aliphatic hydroxyl groups is 2. The minimum Gasteiger partial charge on any atom is -0.412 e. The van der Waals surface area contributed by atoms with Gasteiger partial charge in [0.1, 0.15) is 0 Å². The Morgan fingerprint density at radius 2 is 1.58 bits per heavy atom. The Hall–Kier alpha value is 0.0969. The van der Waals surface area contributed by atoms with Crippen LogP contribution in [0.4, 0.5) is 0 Å². The lowest BCUT2D eigenvalue weighted by Crippen LogP contribution is -2.48. The molecule has 19 heavy (non-hydrogen) atoms. The summed E-state index contributed by atoms with van der Waals surface area (Å²) in [7, 11) is -1.87. The van der Waals surface area contributed by atoms with Gasteiger partial charge < -0.3 is 14.6 Å². The molecule has 4 heteroatoms. The molecule has 0 saturated heterocycles. The lowest BCUT2D eigenvalue weighted by molar-refractivity contribution is -0.0411. The molecule has 0 unspecified atom stereocenters. The molecule has 3 nitrogen and oxygen atoms in total. The zero-order valence-electron chi connectivity index (χ0n) is 14.0. The minimum atomic E-state index is -1.87. The molecule has 2 N–H and O–H groups in total. The highest BCUT2D eigenvalue weighted by Crippen LogP contribution is 2.38. The summed E-state index contributed by atoms with van der Waals surface area (Å²) in [6.07, 6.45) is 0.351. The van der Waals surface area contributed by atoms with Gasteiger partial charge in [-0.25, -0.2) is 0 Å². The van der Waals surface area contributed by atoms with Crippen LogP contribution in [0.2, 0.25) is 18.1 Å². The predicted molar refractivity (Wildman–Crippen MR) is 83.8 cm³/mol. The molecule has 0 saturated carbocycles. The Balaban J connectivity index is 4.62. The Kier molecular flexibility index (Phi) is 7.24. The largest absolute Gasteiger partial charge is 0.412 e. The van der Waals surface area contributed by atoms with Crippen molar-refractivity contribution in [2.24, 2.45) is 5.92 Å². The molecule has 0 aliphatic heterocycles. The van der Waals surface area contributed by atoms with Gasteiger partial charge in [-0.15, -0.1) is 0 Å². The summed E-state index contributed by atoms with van der Waals surface area (Å²) >= 11 is 0. The summed E-state index contributed by atoms with van der Waals surface area (Å²) in [5, 5.41) is 20.5. The third-order valence-corrected chi connectivity index (χ3v) is 9.07. The van der Waals surface area contributed by atoms with Crippen LogP contribution in [0.1, 0.15) is 54.4 Å². The van der Waals surface area contributed by atoms with Gasteiger partial charge in [0.2, 0.25) is 0 Å². The van der Waals surface area contributed by atoms with E-state index in [2.05, 4.69) is 33.9 Å². The monoisotopic (exact) mass is 290 g/mol. The van der Waals surface area contributed by atoms with E-state index in [1.807, 2.05) is 20.8 Å². The van der Waals surface area contributed by atoms with Crippen molar-refractivity contribution in [1.82, 2.24) is 0 Å². The molecule has 0 aromatic heterocycles. The second-order valence-electron chi connectivity index (χ2n) is 7.29. The highest BCUT2D eigenvalue weighted by Gasteiger charge is 2.40. The van der Waals surface area contributed by atoms with E-state index in [4.69, 9.17) is 4.43 Å². The van der Waals surface area contributed by atoms with Gasteiger partial charge >= 0.3 is 0 Å². The topological polar surface area (TPSA) is 49.7 Å². The van der Waals surface area contributed by atoms with Gasteiger partial charge in [0.25, 0.3) is 0 Å². The Morgan fingerprint density at radius 1 is 1.11 bits per heavy atom. The molecule has 0 bridgehead atoms. The Labute approximate surface area is 120 Å². The maximum atomic E-state index is 10.3. The van der Waals surface area contributed by atoms with Gasteiger partial charge in [-0.2, -0.15) is 0 Å². The Bertz CT molecular complexity index is 261. The fourth-order valence-corrected chi connectivity index (χ4v) is 3.35. The van der Waals surface area contributed by atoms with Gasteiger partial charge in [-0.3, -0.25) is 0 Å². The normalized spacial score (nSPS) is 19.9. The van der Waals surface area contributed by atoms with Crippen molar-refractivity contribution in [1.29, 1.82) is 0 Å². The molecule has 0 heterocycles. The zero-order valence-corrected chi connectivity index (χ0v) is 15.0. The molecule has 0 amide bonds. The molecule has 0 radical (unpaired) electrons. The van der Waals surface area contributed by atoms with Crippen LogP contribution < -0.4 is 0 Å². The van der Waals surface area contributed by atoms with Gasteiger partial charge in [-0.05, 0) is 31.5 Å². The van der Waals surface area contributed by atoms with Crippen molar-refractivity contribution in [2.75, 3.05) is 0 Å². The average molecular weight is 291 g/mol. The van der Waals surface area contributed by atoms with Gasteiger partial charge in [0, 0.05) is 5.92 Å². The molecule has 0 rings (SSSR count). The van der Waals surface area contributed by atoms with Crippen molar-refractivity contribution in [3.05, 3.63) is 0 Å². The maximum Gasteiger partial charge on any atom is 0.192 e. The lowest BCUT2D eigenvalue weighted by atomic mass is 9.92. The molecular formula is C15H34O3Si. The third kappa shape index (κ3) is 5.54. The standard InChI is InChI=1S/C15H34O3Si/c1-9-10-13(16)11(2)14(17)12(3)18-19(7,8)15(4,5)6/h11-14,16-17H,9-10H2,1-8H3/t11-,12+,13+,14+/m1/s1. The molecule has 116 valence electrons. The molecule has 0 spiro atoms. The van der Waals surface area contributed by atoms with E-state index in [0.717, 1.165) is 12.8 Å². The highest BCUT2D eigenvalue weighted by atomic mass is 28.4. The number of hydrogen-bond donors (Lipinski definition) is 2. The van der Waals surface area contributed by atoms with Crippen LogP contribution in [0.25, 0.3) is 0 Å². The van der Waals surface area contributed by atoms with Crippen LogP contribution in [-0.2, 0) is 4.43 Å². The van der Waals surface area contributed by atoms with Crippen LogP contribution in [0.15, 0.2) is 0 Å².